The van der Waals surface area contributed by atoms with Crippen LogP contribution in [0, 0.1) is 0 Å². The Morgan fingerprint density at radius 1 is 0.542 bits per heavy atom. The van der Waals surface area contributed by atoms with Gasteiger partial charge >= 0.3 is 0 Å². The molecule has 12 unspecified atom stereocenters. The summed E-state index contributed by atoms with van der Waals surface area (Å²) in [5, 5.41) is 86.6. The first kappa shape index (κ1) is 54.1. The second kappa shape index (κ2) is 33.5. The zero-order chi connectivity index (χ0) is 43.3. The number of unbranched alkanes of at least 4 members (excludes halogenated alkanes) is 23. The van der Waals surface area contributed by atoms with E-state index in [2.05, 4.69) is 19.2 Å². The summed E-state index contributed by atoms with van der Waals surface area (Å²) in [5.74, 6) is -0.207. The van der Waals surface area contributed by atoms with Crippen molar-refractivity contribution in [1.29, 1.82) is 0 Å². The fourth-order valence-electron chi connectivity index (χ4n) is 8.12. The van der Waals surface area contributed by atoms with Crippen molar-refractivity contribution in [1.82, 2.24) is 5.32 Å². The van der Waals surface area contributed by atoms with Crippen LogP contribution >= 0.6 is 0 Å². The smallest absolute Gasteiger partial charge is 0.220 e. The van der Waals surface area contributed by atoms with Crippen LogP contribution in [0.15, 0.2) is 0 Å². The highest BCUT2D eigenvalue weighted by molar-refractivity contribution is 5.76. The number of nitrogens with one attached hydrogen (secondary N) is 1. The molecule has 59 heavy (non-hydrogen) atoms. The Labute approximate surface area is 355 Å². The second-order valence-corrected chi connectivity index (χ2v) is 17.2. The predicted molar refractivity (Wildman–Crippen MR) is 226 cm³/mol. The molecule has 14 heteroatoms. The van der Waals surface area contributed by atoms with Crippen LogP contribution in [-0.2, 0) is 23.7 Å². The molecule has 0 aliphatic carbocycles. The number of amides is 1. The summed E-state index contributed by atoms with van der Waals surface area (Å²) in [7, 11) is 0. The number of ether oxygens (including phenoxy) is 4. The van der Waals surface area contributed by atoms with Gasteiger partial charge in [0.2, 0.25) is 5.91 Å². The molecule has 2 aliphatic rings. The molecule has 14 nitrogen and oxygen atoms in total. The highest BCUT2D eigenvalue weighted by Crippen LogP contribution is 2.30. The Kier molecular flexibility index (Phi) is 30.8. The van der Waals surface area contributed by atoms with Crippen molar-refractivity contribution >= 4 is 5.91 Å². The van der Waals surface area contributed by atoms with Crippen molar-refractivity contribution in [3.63, 3.8) is 0 Å². The van der Waals surface area contributed by atoms with Crippen LogP contribution in [0.25, 0.3) is 0 Å². The Morgan fingerprint density at radius 3 is 1.44 bits per heavy atom. The van der Waals surface area contributed by atoms with Crippen molar-refractivity contribution in [2.45, 2.75) is 261 Å². The van der Waals surface area contributed by atoms with E-state index in [1.54, 1.807) is 0 Å². The fourth-order valence-corrected chi connectivity index (χ4v) is 8.12. The van der Waals surface area contributed by atoms with Gasteiger partial charge in [0.25, 0.3) is 0 Å². The van der Waals surface area contributed by atoms with Crippen molar-refractivity contribution in [2.24, 2.45) is 0 Å². The lowest BCUT2D eigenvalue weighted by Crippen LogP contribution is -2.65. The van der Waals surface area contributed by atoms with E-state index in [0.717, 1.165) is 51.4 Å². The van der Waals surface area contributed by atoms with Crippen LogP contribution in [0.5, 0.6) is 0 Å². The van der Waals surface area contributed by atoms with E-state index < -0.39 is 86.8 Å². The molecule has 0 spiro atoms. The highest BCUT2D eigenvalue weighted by Gasteiger charge is 2.51. The first-order valence-electron chi connectivity index (χ1n) is 23.8. The van der Waals surface area contributed by atoms with Crippen LogP contribution in [0.4, 0.5) is 0 Å². The molecular weight excluding hydrogens is 762 g/mol. The molecule has 0 aromatic carbocycles. The summed E-state index contributed by atoms with van der Waals surface area (Å²) in [6, 6.07) is -0.819. The van der Waals surface area contributed by atoms with E-state index in [1.807, 2.05) is 0 Å². The monoisotopic (exact) mass is 850 g/mol. The minimum absolute atomic E-state index is 0.207. The summed E-state index contributed by atoms with van der Waals surface area (Å²) < 4.78 is 22.7. The van der Waals surface area contributed by atoms with Crippen molar-refractivity contribution in [3.8, 4) is 0 Å². The summed E-state index contributed by atoms with van der Waals surface area (Å²) in [6.07, 6.45) is 13.9. The maximum Gasteiger partial charge on any atom is 0.220 e. The lowest BCUT2D eigenvalue weighted by atomic mass is 9.97. The van der Waals surface area contributed by atoms with Gasteiger partial charge in [-0.05, 0) is 12.8 Å². The second-order valence-electron chi connectivity index (χ2n) is 17.2. The molecule has 0 bridgehead atoms. The number of hydrogen-bond donors (Lipinski definition) is 9. The van der Waals surface area contributed by atoms with Crippen LogP contribution in [0.2, 0.25) is 0 Å². The van der Waals surface area contributed by atoms with E-state index in [9.17, 15) is 45.6 Å². The van der Waals surface area contributed by atoms with Crippen LogP contribution in [-0.4, -0.2) is 140 Å². The Hall–Kier alpha value is -1.01. The van der Waals surface area contributed by atoms with Crippen LogP contribution in [0.1, 0.15) is 187 Å². The van der Waals surface area contributed by atoms with Crippen LogP contribution < -0.4 is 5.32 Å². The number of rotatable bonds is 36. The minimum Gasteiger partial charge on any atom is -0.394 e. The lowest BCUT2D eigenvalue weighted by Gasteiger charge is -2.46. The van der Waals surface area contributed by atoms with Crippen molar-refractivity contribution in [2.75, 3.05) is 19.8 Å². The van der Waals surface area contributed by atoms with Crippen LogP contribution in [0.3, 0.4) is 0 Å². The van der Waals surface area contributed by atoms with Gasteiger partial charge in [-0.1, -0.05) is 168 Å². The molecule has 0 aromatic heterocycles. The topological polar surface area (TPSA) is 228 Å². The third kappa shape index (κ3) is 21.8. The Balaban J connectivity index is 1.87. The third-order valence-corrected chi connectivity index (χ3v) is 12.1. The summed E-state index contributed by atoms with van der Waals surface area (Å²) in [5.41, 5.74) is 0. The number of aliphatic hydroxyl groups is 8. The summed E-state index contributed by atoms with van der Waals surface area (Å²) in [4.78, 5) is 13.1. The standard InChI is InChI=1S/C45H87NO13/c1-3-5-7-9-11-13-15-16-17-19-20-22-24-26-28-34(49)33(46-37(50)29-27-25-23-21-18-14-12-10-8-6-4-2)32-56-44-42(55)40(53)43(36(31-48)58-44)59-45-41(54)39(52)38(51)35(30-47)57-45/h33-36,38-45,47-49,51-55H,3-32H2,1-2H3,(H,46,50). The Bertz CT molecular complexity index is 1010. The third-order valence-electron chi connectivity index (χ3n) is 12.1. The van der Waals surface area contributed by atoms with Gasteiger partial charge < -0.3 is 65.1 Å². The molecule has 2 saturated heterocycles. The molecule has 0 aromatic rings. The molecule has 2 heterocycles. The van der Waals surface area contributed by atoms with Gasteiger partial charge in [0.15, 0.2) is 12.6 Å². The normalized spacial score (nSPS) is 28.4. The first-order valence-corrected chi connectivity index (χ1v) is 23.8. The van der Waals surface area contributed by atoms with Gasteiger partial charge in [0.1, 0.15) is 48.8 Å². The van der Waals surface area contributed by atoms with Gasteiger partial charge in [-0.2, -0.15) is 0 Å². The van der Waals surface area contributed by atoms with Gasteiger partial charge in [-0.3, -0.25) is 4.79 Å². The summed E-state index contributed by atoms with van der Waals surface area (Å²) in [6.45, 7) is 2.83. The summed E-state index contributed by atoms with van der Waals surface area (Å²) >= 11 is 0. The van der Waals surface area contributed by atoms with E-state index in [4.69, 9.17) is 18.9 Å². The molecule has 350 valence electrons. The Morgan fingerprint density at radius 2 is 0.966 bits per heavy atom. The zero-order valence-corrected chi connectivity index (χ0v) is 36.8. The molecule has 1 amide bonds. The predicted octanol–water partition coefficient (Wildman–Crippen LogP) is 5.05. The van der Waals surface area contributed by atoms with Crippen molar-refractivity contribution in [3.05, 3.63) is 0 Å². The lowest BCUT2D eigenvalue weighted by molar-refractivity contribution is -0.359. The van der Waals surface area contributed by atoms with Gasteiger partial charge in [0, 0.05) is 6.42 Å². The number of carbonyl (C=O) groups is 1. The molecule has 9 N–H and O–H groups in total. The maximum atomic E-state index is 13.1. The molecule has 2 rings (SSSR count). The molecular formula is C45H87NO13. The maximum absolute atomic E-state index is 13.1. The van der Waals surface area contributed by atoms with E-state index in [-0.39, 0.29) is 12.5 Å². The van der Waals surface area contributed by atoms with Gasteiger partial charge in [0.05, 0.1) is 32.0 Å². The minimum atomic E-state index is -1.78. The van der Waals surface area contributed by atoms with E-state index in [0.29, 0.717) is 12.8 Å². The number of carbonyl (C=O) groups excluding carboxylic acids is 1. The molecule has 0 saturated carbocycles. The van der Waals surface area contributed by atoms with E-state index >= 15 is 0 Å². The van der Waals surface area contributed by atoms with Crippen molar-refractivity contribution < 1.29 is 64.6 Å². The molecule has 2 aliphatic heterocycles. The highest BCUT2D eigenvalue weighted by atomic mass is 16.7. The average molecular weight is 850 g/mol. The number of aliphatic hydroxyl groups excluding tert-OH is 8. The largest absolute Gasteiger partial charge is 0.394 e. The molecule has 0 radical (unpaired) electrons. The molecule has 2 fully saturated rings. The SMILES string of the molecule is CCCCCCCCCCCCCCCCC(O)C(COC1OC(CO)C(OC2OC(CO)C(O)C(O)C2O)C(O)C1O)NC(=O)CCCCCCCCCCCCC. The first-order chi connectivity index (χ1) is 28.6. The van der Waals surface area contributed by atoms with Gasteiger partial charge in [-0.15, -0.1) is 0 Å². The average Bonchev–Trinajstić information content (AvgIpc) is 3.23. The molecule has 12 atom stereocenters. The fraction of sp³-hybridized carbons (Fsp3) is 0.978. The zero-order valence-electron chi connectivity index (χ0n) is 36.8. The number of hydrogen-bond acceptors (Lipinski definition) is 13. The van der Waals surface area contributed by atoms with Gasteiger partial charge in [-0.25, -0.2) is 0 Å². The van der Waals surface area contributed by atoms with E-state index in [1.165, 1.54) is 109 Å². The quantitative estimate of drug-likeness (QED) is 0.0377.